The van der Waals surface area contributed by atoms with E-state index in [4.69, 9.17) is 15.2 Å². The molecule has 0 spiro atoms. The molecule has 0 aliphatic heterocycles. The van der Waals surface area contributed by atoms with Crippen LogP contribution in [0.4, 0.5) is 0 Å². The Hall–Kier alpha value is -2.79. The zero-order valence-corrected chi connectivity index (χ0v) is 24.1. The number of carbonyl (C=O) groups excluding carboxylic acids is 4. The number of nitrogens with two attached hydrogens (primary N) is 1. The van der Waals surface area contributed by atoms with Crippen molar-refractivity contribution in [2.45, 2.75) is 79.4 Å². The van der Waals surface area contributed by atoms with Gasteiger partial charge < -0.3 is 25.4 Å². The summed E-state index contributed by atoms with van der Waals surface area (Å²) in [5.41, 5.74) is 7.13. The second-order valence-electron chi connectivity index (χ2n) is 9.62. The lowest BCUT2D eigenvalue weighted by Crippen LogP contribution is -2.51. The summed E-state index contributed by atoms with van der Waals surface area (Å²) in [6.45, 7) is 11.2. The van der Waals surface area contributed by atoms with E-state index >= 15 is 0 Å². The standard InChI is InChI=1S/C26H42N4O6S/c1-15(2)20(13-21(36-18(6)31)24-28-19(14-37-24)26(34)35-8)30(7)25(33)22(16(3)4)29-23(32)17(5)11-9-10-12-27/h14,16-17,21-22H,9-13,27H2,1-8H3,(H,29,32)/t17-,21-,22+/m1/s1. The van der Waals surface area contributed by atoms with Gasteiger partial charge in [-0.1, -0.05) is 32.8 Å². The van der Waals surface area contributed by atoms with Gasteiger partial charge in [0.05, 0.1) is 7.11 Å². The summed E-state index contributed by atoms with van der Waals surface area (Å²) in [6, 6.07) is -0.734. The van der Waals surface area contributed by atoms with Crippen molar-refractivity contribution in [2.75, 3.05) is 20.7 Å². The minimum Gasteiger partial charge on any atom is -0.464 e. The first kappa shape index (κ1) is 32.2. The fraction of sp³-hybridized carbons (Fsp3) is 0.654. The summed E-state index contributed by atoms with van der Waals surface area (Å²) in [5, 5.41) is 4.87. The number of nitrogens with one attached hydrogen (secondary N) is 1. The molecule has 0 radical (unpaired) electrons. The molecule has 3 N–H and O–H groups in total. The highest BCUT2D eigenvalue weighted by Crippen LogP contribution is 2.31. The molecule has 0 unspecified atom stereocenters. The van der Waals surface area contributed by atoms with Crippen LogP contribution in [0.5, 0.6) is 0 Å². The van der Waals surface area contributed by atoms with Gasteiger partial charge in [-0.2, -0.15) is 0 Å². The largest absolute Gasteiger partial charge is 0.464 e. The minimum absolute atomic E-state index is 0.117. The molecule has 0 aliphatic carbocycles. The van der Waals surface area contributed by atoms with Crippen molar-refractivity contribution in [3.8, 4) is 0 Å². The van der Waals surface area contributed by atoms with E-state index < -0.39 is 24.1 Å². The van der Waals surface area contributed by atoms with Gasteiger partial charge in [-0.15, -0.1) is 11.3 Å². The van der Waals surface area contributed by atoms with E-state index in [0.717, 1.165) is 18.4 Å². The van der Waals surface area contributed by atoms with Gasteiger partial charge in [0.1, 0.15) is 11.0 Å². The van der Waals surface area contributed by atoms with Gasteiger partial charge in [0.25, 0.3) is 0 Å². The summed E-state index contributed by atoms with van der Waals surface area (Å²) < 4.78 is 10.2. The van der Waals surface area contributed by atoms with Gasteiger partial charge in [0.15, 0.2) is 11.8 Å². The molecule has 0 aromatic carbocycles. The molecule has 0 saturated heterocycles. The third-order valence-electron chi connectivity index (χ3n) is 5.96. The molecule has 10 nitrogen and oxygen atoms in total. The minimum atomic E-state index is -0.810. The first-order valence-electron chi connectivity index (χ1n) is 12.5. The third-order valence-corrected chi connectivity index (χ3v) is 6.90. The van der Waals surface area contributed by atoms with Crippen molar-refractivity contribution in [1.82, 2.24) is 15.2 Å². The Bertz CT molecular complexity index is 970. The van der Waals surface area contributed by atoms with Crippen LogP contribution in [0, 0.1) is 11.8 Å². The molecular weight excluding hydrogens is 496 g/mol. The van der Waals surface area contributed by atoms with E-state index in [1.54, 1.807) is 7.05 Å². The summed E-state index contributed by atoms with van der Waals surface area (Å²) in [4.78, 5) is 55.9. The number of ether oxygens (including phenoxy) is 2. The van der Waals surface area contributed by atoms with Crippen LogP contribution in [-0.2, 0) is 23.9 Å². The number of aromatic nitrogens is 1. The number of methoxy groups -OCH3 is 1. The van der Waals surface area contributed by atoms with Gasteiger partial charge in [0, 0.05) is 37.4 Å². The van der Waals surface area contributed by atoms with Crippen LogP contribution >= 0.6 is 11.3 Å². The molecule has 208 valence electrons. The zero-order valence-electron chi connectivity index (χ0n) is 23.3. The number of nitrogens with zero attached hydrogens (tertiary/aromatic N) is 2. The summed E-state index contributed by atoms with van der Waals surface area (Å²) in [6.07, 6.45) is 1.74. The predicted octanol–water partition coefficient (Wildman–Crippen LogP) is 3.58. The quantitative estimate of drug-likeness (QED) is 0.270. The van der Waals surface area contributed by atoms with E-state index in [9.17, 15) is 19.2 Å². The molecule has 1 rings (SSSR count). The lowest BCUT2D eigenvalue weighted by atomic mass is 9.98. The van der Waals surface area contributed by atoms with E-state index in [2.05, 4.69) is 10.3 Å². The molecule has 0 saturated carbocycles. The van der Waals surface area contributed by atoms with E-state index in [1.165, 1.54) is 35.7 Å². The van der Waals surface area contributed by atoms with Crippen LogP contribution in [0.3, 0.4) is 0 Å². The van der Waals surface area contributed by atoms with Gasteiger partial charge in [-0.25, -0.2) is 9.78 Å². The summed E-state index contributed by atoms with van der Waals surface area (Å²) >= 11 is 1.17. The van der Waals surface area contributed by atoms with Crippen molar-refractivity contribution in [3.63, 3.8) is 0 Å². The molecule has 0 fully saturated rings. The number of thiazole rings is 1. The second-order valence-corrected chi connectivity index (χ2v) is 10.5. The molecule has 0 bridgehead atoms. The number of esters is 2. The molecular formula is C26H42N4O6S. The van der Waals surface area contributed by atoms with Crippen molar-refractivity contribution < 1.29 is 28.7 Å². The monoisotopic (exact) mass is 538 g/mol. The van der Waals surface area contributed by atoms with Gasteiger partial charge in [0.2, 0.25) is 11.8 Å². The first-order valence-corrected chi connectivity index (χ1v) is 13.4. The van der Waals surface area contributed by atoms with Gasteiger partial charge in [-0.3, -0.25) is 14.4 Å². The highest BCUT2D eigenvalue weighted by molar-refractivity contribution is 7.09. The average Bonchev–Trinajstić information content (AvgIpc) is 3.33. The maximum absolute atomic E-state index is 13.6. The van der Waals surface area contributed by atoms with Gasteiger partial charge >= 0.3 is 11.9 Å². The van der Waals surface area contributed by atoms with Crippen LogP contribution < -0.4 is 11.1 Å². The van der Waals surface area contributed by atoms with Crippen molar-refractivity contribution in [3.05, 3.63) is 27.4 Å². The van der Waals surface area contributed by atoms with E-state index in [0.29, 0.717) is 23.7 Å². The zero-order chi connectivity index (χ0) is 28.3. The molecule has 2 amide bonds. The highest BCUT2D eigenvalue weighted by Gasteiger charge is 2.32. The number of allylic oxidation sites excluding steroid dienone is 1. The predicted molar refractivity (Wildman–Crippen MR) is 143 cm³/mol. The van der Waals surface area contributed by atoms with Crippen molar-refractivity contribution in [2.24, 2.45) is 17.6 Å². The summed E-state index contributed by atoms with van der Waals surface area (Å²) in [5.74, 6) is -1.95. The van der Waals surface area contributed by atoms with Crippen LogP contribution in [0.15, 0.2) is 16.7 Å². The topological polar surface area (TPSA) is 141 Å². The maximum Gasteiger partial charge on any atom is 0.357 e. The Morgan fingerprint density at radius 1 is 1.14 bits per heavy atom. The molecule has 0 aliphatic rings. The maximum atomic E-state index is 13.6. The third kappa shape index (κ3) is 9.88. The van der Waals surface area contributed by atoms with Crippen molar-refractivity contribution >= 4 is 35.1 Å². The SMILES string of the molecule is COC(=O)c1csc([C@@H](CC(=C(C)C)N(C)C(=O)[C@@H](NC(=O)[C@H](C)CCCCN)C(C)C)OC(C)=O)n1. The summed E-state index contributed by atoms with van der Waals surface area (Å²) in [7, 11) is 2.90. The number of rotatable bonds is 14. The molecule has 1 aromatic rings. The first-order chi connectivity index (χ1) is 17.3. The molecule has 1 heterocycles. The fourth-order valence-corrected chi connectivity index (χ4v) is 4.56. The Balaban J connectivity index is 3.15. The molecule has 3 atom stereocenters. The number of hydrogen-bond acceptors (Lipinski definition) is 9. The number of hydrogen-bond donors (Lipinski definition) is 2. The Kier molecular flexibility index (Phi) is 13.5. The smallest absolute Gasteiger partial charge is 0.357 e. The van der Waals surface area contributed by atoms with Crippen LogP contribution in [0.1, 0.15) is 88.8 Å². The van der Waals surface area contributed by atoms with E-state index in [-0.39, 0.29) is 35.8 Å². The van der Waals surface area contributed by atoms with E-state index in [1.807, 2.05) is 34.6 Å². The normalized spacial score (nSPS) is 13.4. The number of carbonyl (C=O) groups is 4. The van der Waals surface area contributed by atoms with Crippen LogP contribution in [0.25, 0.3) is 0 Å². The van der Waals surface area contributed by atoms with Crippen molar-refractivity contribution in [1.29, 1.82) is 0 Å². The lowest BCUT2D eigenvalue weighted by Gasteiger charge is -2.31. The Morgan fingerprint density at radius 2 is 1.78 bits per heavy atom. The highest BCUT2D eigenvalue weighted by atomic mass is 32.1. The Morgan fingerprint density at radius 3 is 2.30 bits per heavy atom. The average molecular weight is 539 g/mol. The number of likely N-dealkylation sites (N-methyl/N-ethyl adjacent to an activating group) is 1. The Labute approximate surface area is 224 Å². The number of unbranched alkanes of at least 4 members (excludes halogenated alkanes) is 1. The van der Waals surface area contributed by atoms with Crippen LogP contribution in [0.2, 0.25) is 0 Å². The lowest BCUT2D eigenvalue weighted by molar-refractivity contribution is -0.147. The number of amides is 2. The van der Waals surface area contributed by atoms with Crippen LogP contribution in [-0.4, -0.2) is 60.4 Å². The molecule has 1 aromatic heterocycles. The molecule has 37 heavy (non-hydrogen) atoms. The second kappa shape index (κ2) is 15.5. The fourth-order valence-electron chi connectivity index (χ4n) is 3.74. The van der Waals surface area contributed by atoms with Gasteiger partial charge in [-0.05, 0) is 39.2 Å². The molecule has 11 heteroatoms.